The molecule has 0 aliphatic carbocycles. The lowest BCUT2D eigenvalue weighted by atomic mass is 10.1. The first kappa shape index (κ1) is 19.7. The van der Waals surface area contributed by atoms with Crippen molar-refractivity contribution in [3.8, 4) is 0 Å². The summed E-state index contributed by atoms with van der Waals surface area (Å²) in [7, 11) is -0.112. The Hall–Kier alpha value is -2.67. The van der Waals surface area contributed by atoms with E-state index in [2.05, 4.69) is 0 Å². The minimum atomic E-state index is -1.33. The van der Waals surface area contributed by atoms with Crippen molar-refractivity contribution in [3.63, 3.8) is 0 Å². The van der Waals surface area contributed by atoms with Gasteiger partial charge in [0, 0.05) is 17.2 Å². The van der Waals surface area contributed by atoms with Crippen LogP contribution in [0, 0.1) is 0 Å². The first-order valence-electron chi connectivity index (χ1n) is 8.07. The van der Waals surface area contributed by atoms with Gasteiger partial charge in [0.05, 0.1) is 17.9 Å². The van der Waals surface area contributed by atoms with Crippen LogP contribution in [0.2, 0.25) is 0 Å². The molecule has 0 aromatic heterocycles. The average Bonchev–Trinajstić information content (AvgIpc) is 2.68. The maximum atomic E-state index is 12.4. The first-order chi connectivity index (χ1) is 12.5. The predicted molar refractivity (Wildman–Crippen MR) is 98.1 cm³/mol. The lowest BCUT2D eigenvalue weighted by Gasteiger charge is -2.27. The monoisotopic (exact) mass is 375 g/mol. The summed E-state index contributed by atoms with van der Waals surface area (Å²) >= 11 is 0. The van der Waals surface area contributed by atoms with Gasteiger partial charge in [-0.2, -0.15) is 0 Å². The summed E-state index contributed by atoms with van der Waals surface area (Å²) < 4.78 is 17.2. The molecule has 2 aromatic carbocycles. The van der Waals surface area contributed by atoms with Crippen LogP contribution in [0.4, 0.5) is 4.79 Å². The van der Waals surface area contributed by atoms with E-state index in [0.717, 1.165) is 10.5 Å². The third-order valence-electron chi connectivity index (χ3n) is 3.87. The number of hydrogen-bond donors (Lipinski definition) is 1. The quantitative estimate of drug-likeness (QED) is 0.717. The smallest absolute Gasteiger partial charge is 0.408 e. The van der Waals surface area contributed by atoms with Gasteiger partial charge in [0.1, 0.15) is 6.04 Å². The first-order valence-corrected chi connectivity index (χ1v) is 9.39. The molecule has 6 nitrogen and oxygen atoms in total. The van der Waals surface area contributed by atoms with Gasteiger partial charge < -0.3 is 9.84 Å². The molecule has 26 heavy (non-hydrogen) atoms. The number of ether oxygens (including phenoxy) is 1. The predicted octanol–water partition coefficient (Wildman–Crippen LogP) is 2.91. The normalized spacial score (nSPS) is 12.8. The topological polar surface area (TPSA) is 83.9 Å². The fourth-order valence-electron chi connectivity index (χ4n) is 2.54. The highest BCUT2D eigenvalue weighted by atomic mass is 32.2. The second-order valence-electron chi connectivity index (χ2n) is 5.59. The molecule has 0 spiro atoms. The summed E-state index contributed by atoms with van der Waals surface area (Å²) in [6.45, 7) is 0.0495. The van der Waals surface area contributed by atoms with Crippen molar-refractivity contribution in [2.75, 3.05) is 12.9 Å². The van der Waals surface area contributed by atoms with Gasteiger partial charge in [0.2, 0.25) is 0 Å². The average molecular weight is 375 g/mol. The Morgan fingerprint density at radius 2 is 1.65 bits per heavy atom. The van der Waals surface area contributed by atoms with E-state index in [-0.39, 0.29) is 18.7 Å². The lowest BCUT2D eigenvalue weighted by Crippen LogP contribution is -2.45. The van der Waals surface area contributed by atoms with Gasteiger partial charge in [-0.05, 0) is 24.1 Å². The molecule has 0 aliphatic rings. The van der Waals surface area contributed by atoms with Gasteiger partial charge in [-0.15, -0.1) is 0 Å². The van der Waals surface area contributed by atoms with Gasteiger partial charge in [0.15, 0.2) is 0 Å². The number of amides is 1. The number of esters is 1. The lowest BCUT2D eigenvalue weighted by molar-refractivity contribution is -0.146. The Balaban J connectivity index is 2.14. The zero-order valence-corrected chi connectivity index (χ0v) is 15.2. The van der Waals surface area contributed by atoms with Crippen molar-refractivity contribution in [1.29, 1.82) is 0 Å². The SMILES string of the molecule is COC(=O)C(CC[S@](=O)c1ccccc1)N(Cc1ccccc1)C(=O)O. The Morgan fingerprint density at radius 1 is 1.08 bits per heavy atom. The van der Waals surface area contributed by atoms with E-state index in [0.29, 0.717) is 4.90 Å². The van der Waals surface area contributed by atoms with Crippen LogP contribution in [0.15, 0.2) is 65.6 Å². The molecule has 1 amide bonds. The van der Waals surface area contributed by atoms with Crippen molar-refractivity contribution in [2.24, 2.45) is 0 Å². The standard InChI is InChI=1S/C19H21NO5S/c1-25-18(21)17(12-13-26(24)16-10-6-3-7-11-16)20(19(22)23)14-15-8-4-2-5-9-15/h2-11,17H,12-14H2,1H3,(H,22,23)/t17?,26-/m0/s1. The van der Waals surface area contributed by atoms with E-state index in [4.69, 9.17) is 4.74 Å². The number of rotatable bonds is 8. The maximum Gasteiger partial charge on any atom is 0.408 e. The number of carbonyl (C=O) groups is 2. The summed E-state index contributed by atoms with van der Waals surface area (Å²) in [5.74, 6) is -0.504. The van der Waals surface area contributed by atoms with E-state index in [9.17, 15) is 18.9 Å². The molecular weight excluding hydrogens is 354 g/mol. The molecule has 0 bridgehead atoms. The van der Waals surface area contributed by atoms with E-state index >= 15 is 0 Å². The number of methoxy groups -OCH3 is 1. The van der Waals surface area contributed by atoms with E-state index < -0.39 is 28.9 Å². The highest BCUT2D eigenvalue weighted by molar-refractivity contribution is 7.85. The molecule has 0 saturated heterocycles. The molecule has 1 unspecified atom stereocenters. The maximum absolute atomic E-state index is 12.4. The van der Waals surface area contributed by atoms with Crippen LogP contribution in [-0.4, -0.2) is 45.2 Å². The third kappa shape index (κ3) is 5.42. The molecule has 0 saturated carbocycles. The molecule has 0 fully saturated rings. The number of hydrogen-bond acceptors (Lipinski definition) is 4. The van der Waals surface area contributed by atoms with Crippen LogP contribution < -0.4 is 0 Å². The second kappa shape index (κ2) is 9.72. The van der Waals surface area contributed by atoms with Gasteiger partial charge in [0.25, 0.3) is 0 Å². The largest absolute Gasteiger partial charge is 0.467 e. The molecule has 138 valence electrons. The zero-order chi connectivity index (χ0) is 18.9. The van der Waals surface area contributed by atoms with E-state index in [1.807, 2.05) is 12.1 Å². The molecule has 0 aliphatic heterocycles. The van der Waals surface area contributed by atoms with Crippen molar-refractivity contribution < 1.29 is 23.6 Å². The van der Waals surface area contributed by atoms with Crippen molar-refractivity contribution in [2.45, 2.75) is 23.9 Å². The van der Waals surface area contributed by atoms with Crippen LogP contribution in [0.5, 0.6) is 0 Å². The number of carboxylic acid groups (broad SMARTS) is 1. The van der Waals surface area contributed by atoms with Gasteiger partial charge in [-0.25, -0.2) is 9.59 Å². The highest BCUT2D eigenvalue weighted by Crippen LogP contribution is 2.15. The van der Waals surface area contributed by atoms with Gasteiger partial charge >= 0.3 is 12.1 Å². The summed E-state index contributed by atoms with van der Waals surface area (Å²) in [6.07, 6.45) is -1.12. The summed E-state index contributed by atoms with van der Waals surface area (Å²) in [6, 6.07) is 16.8. The number of carbonyl (C=O) groups excluding carboxylic acids is 1. The van der Waals surface area contributed by atoms with Crippen molar-refractivity contribution in [3.05, 3.63) is 66.2 Å². The Morgan fingerprint density at radius 3 is 2.19 bits per heavy atom. The zero-order valence-electron chi connectivity index (χ0n) is 14.4. The Kier molecular flexibility index (Phi) is 7.35. The molecule has 2 rings (SSSR count). The van der Waals surface area contributed by atoms with Crippen LogP contribution in [-0.2, 0) is 26.9 Å². The minimum Gasteiger partial charge on any atom is -0.467 e. The molecular formula is C19H21NO5S. The van der Waals surface area contributed by atoms with Crippen LogP contribution >= 0.6 is 0 Å². The van der Waals surface area contributed by atoms with Crippen LogP contribution in [0.1, 0.15) is 12.0 Å². The van der Waals surface area contributed by atoms with Crippen molar-refractivity contribution in [1.82, 2.24) is 4.90 Å². The fourth-order valence-corrected chi connectivity index (χ4v) is 3.67. The highest BCUT2D eigenvalue weighted by Gasteiger charge is 2.31. The minimum absolute atomic E-state index is 0.0495. The Labute approximate surface area is 154 Å². The van der Waals surface area contributed by atoms with Gasteiger partial charge in [-0.3, -0.25) is 9.11 Å². The van der Waals surface area contributed by atoms with Crippen LogP contribution in [0.25, 0.3) is 0 Å². The number of benzene rings is 2. The summed E-state index contributed by atoms with van der Waals surface area (Å²) in [5, 5.41) is 9.57. The van der Waals surface area contributed by atoms with E-state index in [1.165, 1.54) is 7.11 Å². The van der Waals surface area contributed by atoms with Crippen molar-refractivity contribution >= 4 is 22.9 Å². The van der Waals surface area contributed by atoms with Crippen LogP contribution in [0.3, 0.4) is 0 Å². The van der Waals surface area contributed by atoms with Gasteiger partial charge in [-0.1, -0.05) is 48.5 Å². The number of nitrogens with zero attached hydrogens (tertiary/aromatic N) is 1. The molecule has 0 heterocycles. The summed E-state index contributed by atoms with van der Waals surface area (Å²) in [5.41, 5.74) is 0.757. The molecule has 2 aromatic rings. The molecule has 7 heteroatoms. The van der Waals surface area contributed by atoms with E-state index in [1.54, 1.807) is 48.5 Å². The molecule has 0 radical (unpaired) electrons. The molecule has 2 atom stereocenters. The molecule has 1 N–H and O–H groups in total. The fraction of sp³-hybridized carbons (Fsp3) is 0.263. The summed E-state index contributed by atoms with van der Waals surface area (Å²) in [4.78, 5) is 25.6. The Bertz CT molecular complexity index is 751. The third-order valence-corrected chi connectivity index (χ3v) is 5.28. The second-order valence-corrected chi connectivity index (χ2v) is 7.16.